The van der Waals surface area contributed by atoms with Crippen molar-refractivity contribution in [3.05, 3.63) is 17.7 Å². The van der Waals surface area contributed by atoms with Crippen molar-refractivity contribution in [1.29, 1.82) is 0 Å². The number of alkyl halides is 3. The van der Waals surface area contributed by atoms with Crippen molar-refractivity contribution < 1.29 is 18.0 Å². The fourth-order valence-electron chi connectivity index (χ4n) is 2.60. The predicted octanol–water partition coefficient (Wildman–Crippen LogP) is 2.48. The Bertz CT molecular complexity index is 560. The van der Waals surface area contributed by atoms with Gasteiger partial charge >= 0.3 is 6.18 Å². The maximum absolute atomic E-state index is 12.5. The van der Waals surface area contributed by atoms with Crippen molar-refractivity contribution in [2.45, 2.75) is 30.8 Å². The van der Waals surface area contributed by atoms with Gasteiger partial charge in [0.15, 0.2) is 0 Å². The molecule has 0 N–H and O–H groups in total. The quantitative estimate of drug-likeness (QED) is 0.786. The molecule has 20 heavy (non-hydrogen) atoms. The summed E-state index contributed by atoms with van der Waals surface area (Å²) >= 11 is 1.36. The van der Waals surface area contributed by atoms with Gasteiger partial charge in [-0.1, -0.05) is 0 Å². The lowest BCUT2D eigenvalue weighted by Crippen LogP contribution is -2.59. The zero-order valence-electron chi connectivity index (χ0n) is 10.7. The van der Waals surface area contributed by atoms with Gasteiger partial charge in [0.1, 0.15) is 5.78 Å². The highest BCUT2D eigenvalue weighted by Gasteiger charge is 2.52. The molecule has 0 unspecified atom stereocenters. The second kappa shape index (κ2) is 4.42. The van der Waals surface area contributed by atoms with Crippen LogP contribution in [0.25, 0.3) is 0 Å². The van der Waals surface area contributed by atoms with E-state index in [0.29, 0.717) is 29.2 Å². The molecule has 0 radical (unpaired) electrons. The molecule has 1 aromatic rings. The normalized spacial score (nSPS) is 21.7. The van der Waals surface area contributed by atoms with Crippen LogP contribution in [0.3, 0.4) is 0 Å². The maximum atomic E-state index is 12.5. The first-order chi connectivity index (χ1) is 9.27. The molecule has 1 aromatic heterocycles. The molecule has 2 heterocycles. The third kappa shape index (κ3) is 2.42. The van der Waals surface area contributed by atoms with Gasteiger partial charge in [-0.15, -0.1) is 0 Å². The van der Waals surface area contributed by atoms with E-state index in [1.807, 2.05) is 4.31 Å². The van der Waals surface area contributed by atoms with E-state index in [0.717, 1.165) is 13.1 Å². The lowest BCUT2D eigenvalue weighted by Gasteiger charge is -2.53. The summed E-state index contributed by atoms with van der Waals surface area (Å²) in [5, 5.41) is 0. The molecule has 1 spiro atoms. The van der Waals surface area contributed by atoms with Crippen LogP contribution >= 0.6 is 11.9 Å². The molecule has 1 aliphatic heterocycles. The van der Waals surface area contributed by atoms with Crippen molar-refractivity contribution in [3.8, 4) is 0 Å². The number of hydrogen-bond donors (Lipinski definition) is 0. The molecule has 0 amide bonds. The number of carbonyl (C=O) groups excluding carboxylic acids is 1. The molecular weight excluding hydrogens is 291 g/mol. The molecule has 2 fully saturated rings. The highest BCUT2D eigenvalue weighted by Crippen LogP contribution is 2.49. The first-order valence-electron chi connectivity index (χ1n) is 6.13. The van der Waals surface area contributed by atoms with Crippen LogP contribution in [-0.2, 0) is 11.0 Å². The Hall–Kier alpha value is -1.15. The van der Waals surface area contributed by atoms with Crippen LogP contribution in [0.15, 0.2) is 11.1 Å². The Labute approximate surface area is 117 Å². The number of aromatic nitrogens is 2. The Morgan fingerprint density at radius 1 is 1.35 bits per heavy atom. The number of hydrogen-bond acceptors (Lipinski definition) is 5. The number of halogens is 3. The number of rotatable bonds is 2. The minimum absolute atomic E-state index is 0.130. The third-order valence-electron chi connectivity index (χ3n) is 3.58. The zero-order chi connectivity index (χ0) is 14.5. The van der Waals surface area contributed by atoms with Gasteiger partial charge in [-0.25, -0.2) is 14.3 Å². The van der Waals surface area contributed by atoms with Gasteiger partial charge in [0.05, 0.1) is 10.6 Å². The van der Waals surface area contributed by atoms with Crippen molar-refractivity contribution in [2.24, 2.45) is 5.41 Å². The third-order valence-corrected chi connectivity index (χ3v) is 4.70. The summed E-state index contributed by atoms with van der Waals surface area (Å²) in [7, 11) is 0. The smallest absolute Gasteiger partial charge is 0.300 e. The monoisotopic (exact) mass is 303 g/mol. The lowest BCUT2D eigenvalue weighted by atomic mass is 9.64. The van der Waals surface area contributed by atoms with E-state index in [1.165, 1.54) is 18.1 Å². The SMILES string of the molecule is Cc1nc(C(F)(F)F)ncc1SN1CC2(CC(=O)C2)C1. The average molecular weight is 303 g/mol. The molecule has 108 valence electrons. The topological polar surface area (TPSA) is 46.1 Å². The van der Waals surface area contributed by atoms with Crippen molar-refractivity contribution >= 4 is 17.7 Å². The fraction of sp³-hybridized carbons (Fsp3) is 0.583. The van der Waals surface area contributed by atoms with Gasteiger partial charge in [0.25, 0.3) is 0 Å². The van der Waals surface area contributed by atoms with Gasteiger partial charge in [0.2, 0.25) is 5.82 Å². The van der Waals surface area contributed by atoms with E-state index in [1.54, 1.807) is 6.92 Å². The van der Waals surface area contributed by atoms with Crippen LogP contribution in [0.1, 0.15) is 24.4 Å². The van der Waals surface area contributed by atoms with Crippen LogP contribution in [0.2, 0.25) is 0 Å². The van der Waals surface area contributed by atoms with Crippen LogP contribution in [0.4, 0.5) is 13.2 Å². The average Bonchev–Trinajstić information content (AvgIpc) is 2.25. The van der Waals surface area contributed by atoms with Crippen molar-refractivity contribution in [2.75, 3.05) is 13.1 Å². The summed E-state index contributed by atoms with van der Waals surface area (Å²) in [5.74, 6) is -0.812. The lowest BCUT2D eigenvalue weighted by molar-refractivity contribution is -0.145. The second-order valence-corrected chi connectivity index (χ2v) is 6.56. The van der Waals surface area contributed by atoms with E-state index in [2.05, 4.69) is 9.97 Å². The Morgan fingerprint density at radius 3 is 2.50 bits per heavy atom. The number of carbonyl (C=O) groups is 1. The number of ketones is 1. The van der Waals surface area contributed by atoms with Crippen LogP contribution < -0.4 is 0 Å². The number of Topliss-reactive ketones (excluding diaryl/α,β-unsaturated/α-hetero) is 1. The Balaban J connectivity index is 1.63. The highest BCUT2D eigenvalue weighted by molar-refractivity contribution is 7.97. The first kappa shape index (κ1) is 13.8. The van der Waals surface area contributed by atoms with E-state index in [-0.39, 0.29) is 5.41 Å². The summed E-state index contributed by atoms with van der Waals surface area (Å²) < 4.78 is 39.4. The van der Waals surface area contributed by atoms with Crippen LogP contribution in [0.5, 0.6) is 0 Å². The van der Waals surface area contributed by atoms with Gasteiger partial charge < -0.3 is 0 Å². The highest BCUT2D eigenvalue weighted by atomic mass is 32.2. The summed E-state index contributed by atoms with van der Waals surface area (Å²) in [4.78, 5) is 18.5. The summed E-state index contributed by atoms with van der Waals surface area (Å²) in [6.07, 6.45) is -2.03. The van der Waals surface area contributed by atoms with Gasteiger partial charge in [-0.2, -0.15) is 13.2 Å². The summed E-state index contributed by atoms with van der Waals surface area (Å²) in [6, 6.07) is 0. The summed E-state index contributed by atoms with van der Waals surface area (Å²) in [6.45, 7) is 3.13. The van der Waals surface area contributed by atoms with Crippen LogP contribution in [-0.4, -0.2) is 33.1 Å². The predicted molar refractivity (Wildman–Crippen MR) is 65.9 cm³/mol. The van der Waals surface area contributed by atoms with E-state index in [4.69, 9.17) is 0 Å². The standard InChI is InChI=1S/C12H12F3N3OS/c1-7-9(4-16-10(17-7)12(13,14)15)20-18-5-11(6-18)2-8(19)3-11/h4H,2-3,5-6H2,1H3. The van der Waals surface area contributed by atoms with E-state index >= 15 is 0 Å². The number of nitrogens with zero attached hydrogens (tertiary/aromatic N) is 3. The number of aryl methyl sites for hydroxylation is 1. The molecule has 3 rings (SSSR count). The van der Waals surface area contributed by atoms with E-state index < -0.39 is 12.0 Å². The molecule has 4 nitrogen and oxygen atoms in total. The maximum Gasteiger partial charge on any atom is 0.451 e. The Kier molecular flexibility index (Phi) is 3.06. The van der Waals surface area contributed by atoms with Gasteiger partial charge in [-0.05, 0) is 18.9 Å². The van der Waals surface area contributed by atoms with Crippen molar-refractivity contribution in [3.63, 3.8) is 0 Å². The minimum Gasteiger partial charge on any atom is -0.300 e. The van der Waals surface area contributed by atoms with Gasteiger partial charge in [-0.3, -0.25) is 4.79 Å². The molecule has 0 aromatic carbocycles. The molecule has 1 saturated carbocycles. The van der Waals surface area contributed by atoms with Crippen molar-refractivity contribution in [1.82, 2.24) is 14.3 Å². The first-order valence-corrected chi connectivity index (χ1v) is 6.90. The Morgan fingerprint density at radius 2 is 2.00 bits per heavy atom. The molecule has 8 heteroatoms. The molecular formula is C12H12F3N3OS. The second-order valence-electron chi connectivity index (χ2n) is 5.42. The molecule has 1 aliphatic carbocycles. The molecule has 2 aliphatic rings. The van der Waals surface area contributed by atoms with Crippen LogP contribution in [0, 0.1) is 12.3 Å². The molecule has 0 atom stereocenters. The largest absolute Gasteiger partial charge is 0.451 e. The minimum atomic E-state index is -4.51. The molecule has 0 bridgehead atoms. The van der Waals surface area contributed by atoms with E-state index in [9.17, 15) is 18.0 Å². The zero-order valence-corrected chi connectivity index (χ0v) is 11.5. The van der Waals surface area contributed by atoms with Gasteiger partial charge in [0, 0.05) is 37.5 Å². The fourth-order valence-corrected chi connectivity index (χ4v) is 3.83. The summed E-state index contributed by atoms with van der Waals surface area (Å²) in [5.41, 5.74) is 0.452. The molecule has 1 saturated heterocycles.